The van der Waals surface area contributed by atoms with Gasteiger partial charge in [-0.25, -0.2) is 0 Å². The van der Waals surface area contributed by atoms with E-state index in [-0.39, 0.29) is 5.91 Å². The summed E-state index contributed by atoms with van der Waals surface area (Å²) >= 11 is 0. The standard InChI is InChI=1S/C22H25N3O3/c1-14-8-10-18(11-9-14)21-24-20(28-25-21)12-13-23-22(26)17(4)27-19-7-5-6-15(2)16(19)3/h5-11,17H,12-13H2,1-4H3,(H,23,26). The molecule has 0 bridgehead atoms. The smallest absolute Gasteiger partial charge is 0.260 e. The van der Waals surface area contributed by atoms with Crippen molar-refractivity contribution in [2.24, 2.45) is 0 Å². The van der Waals surface area contributed by atoms with Crippen molar-refractivity contribution in [2.75, 3.05) is 6.54 Å². The molecular weight excluding hydrogens is 354 g/mol. The van der Waals surface area contributed by atoms with E-state index < -0.39 is 6.10 Å². The molecule has 0 aliphatic carbocycles. The Morgan fingerprint density at radius 3 is 2.64 bits per heavy atom. The summed E-state index contributed by atoms with van der Waals surface area (Å²) < 4.78 is 11.1. The molecule has 1 amide bonds. The lowest BCUT2D eigenvalue weighted by Crippen LogP contribution is -2.37. The lowest BCUT2D eigenvalue weighted by atomic mass is 10.1. The van der Waals surface area contributed by atoms with Crippen molar-refractivity contribution in [1.82, 2.24) is 15.5 Å². The number of carbonyl (C=O) groups is 1. The third-order valence-corrected chi connectivity index (χ3v) is 4.64. The largest absolute Gasteiger partial charge is 0.481 e. The first-order valence-electron chi connectivity index (χ1n) is 9.34. The molecule has 3 rings (SSSR count). The van der Waals surface area contributed by atoms with E-state index in [1.54, 1.807) is 6.92 Å². The van der Waals surface area contributed by atoms with Gasteiger partial charge in [-0.15, -0.1) is 0 Å². The minimum atomic E-state index is -0.591. The van der Waals surface area contributed by atoms with Gasteiger partial charge >= 0.3 is 0 Å². The fraction of sp³-hybridized carbons (Fsp3) is 0.318. The Morgan fingerprint density at radius 2 is 1.89 bits per heavy atom. The quantitative estimate of drug-likeness (QED) is 0.676. The summed E-state index contributed by atoms with van der Waals surface area (Å²) in [6.45, 7) is 8.16. The monoisotopic (exact) mass is 379 g/mol. The maximum Gasteiger partial charge on any atom is 0.260 e. The third-order valence-electron chi connectivity index (χ3n) is 4.64. The van der Waals surface area contributed by atoms with Crippen molar-refractivity contribution in [1.29, 1.82) is 0 Å². The van der Waals surface area contributed by atoms with E-state index in [4.69, 9.17) is 9.26 Å². The number of aromatic nitrogens is 2. The number of nitrogens with one attached hydrogen (secondary N) is 1. The summed E-state index contributed by atoms with van der Waals surface area (Å²) in [6, 6.07) is 13.7. The van der Waals surface area contributed by atoms with Crippen LogP contribution in [0.1, 0.15) is 29.5 Å². The Labute approximate surface area is 164 Å². The number of nitrogens with zero attached hydrogens (tertiary/aromatic N) is 2. The Kier molecular flexibility index (Phi) is 6.09. The number of hydrogen-bond donors (Lipinski definition) is 1. The maximum atomic E-state index is 12.3. The van der Waals surface area contributed by atoms with Crippen LogP contribution in [0, 0.1) is 20.8 Å². The maximum absolute atomic E-state index is 12.3. The molecule has 3 aromatic rings. The SMILES string of the molecule is Cc1ccc(-c2noc(CCNC(=O)C(C)Oc3cccc(C)c3C)n2)cc1. The van der Waals surface area contributed by atoms with Gasteiger partial charge < -0.3 is 14.6 Å². The van der Waals surface area contributed by atoms with Crippen LogP contribution in [-0.4, -0.2) is 28.7 Å². The molecule has 0 aliphatic heterocycles. The van der Waals surface area contributed by atoms with Gasteiger partial charge in [-0.3, -0.25) is 4.79 Å². The Balaban J connectivity index is 1.50. The highest BCUT2D eigenvalue weighted by atomic mass is 16.5. The number of benzene rings is 2. The van der Waals surface area contributed by atoms with Gasteiger partial charge in [-0.1, -0.05) is 47.1 Å². The Bertz CT molecular complexity index is 948. The van der Waals surface area contributed by atoms with E-state index in [2.05, 4.69) is 15.5 Å². The second kappa shape index (κ2) is 8.69. The molecule has 0 radical (unpaired) electrons. The molecule has 6 heteroatoms. The molecule has 0 saturated carbocycles. The van der Waals surface area contributed by atoms with Crippen LogP contribution >= 0.6 is 0 Å². The molecule has 1 unspecified atom stereocenters. The predicted molar refractivity (Wildman–Crippen MR) is 107 cm³/mol. The van der Waals surface area contributed by atoms with E-state index >= 15 is 0 Å². The van der Waals surface area contributed by atoms with E-state index in [9.17, 15) is 4.79 Å². The lowest BCUT2D eigenvalue weighted by molar-refractivity contribution is -0.127. The van der Waals surface area contributed by atoms with E-state index in [0.717, 1.165) is 22.4 Å². The summed E-state index contributed by atoms with van der Waals surface area (Å²) in [4.78, 5) is 16.7. The second-order valence-corrected chi connectivity index (χ2v) is 6.88. The minimum Gasteiger partial charge on any atom is -0.481 e. The van der Waals surface area contributed by atoms with Gasteiger partial charge in [0.1, 0.15) is 5.75 Å². The van der Waals surface area contributed by atoms with Crippen molar-refractivity contribution >= 4 is 5.91 Å². The van der Waals surface area contributed by atoms with E-state index in [1.165, 1.54) is 5.56 Å². The number of aryl methyl sites for hydroxylation is 2. The highest BCUT2D eigenvalue weighted by Crippen LogP contribution is 2.21. The molecule has 0 spiro atoms. The van der Waals surface area contributed by atoms with Crippen LogP contribution in [0.3, 0.4) is 0 Å². The van der Waals surface area contributed by atoms with Crippen LogP contribution in [0.15, 0.2) is 47.0 Å². The van der Waals surface area contributed by atoms with Gasteiger partial charge in [0.2, 0.25) is 11.7 Å². The predicted octanol–water partition coefficient (Wildman–Crippen LogP) is 3.79. The van der Waals surface area contributed by atoms with Crippen LogP contribution in [-0.2, 0) is 11.2 Å². The summed E-state index contributed by atoms with van der Waals surface area (Å²) in [5.41, 5.74) is 4.25. The molecule has 28 heavy (non-hydrogen) atoms. The zero-order valence-corrected chi connectivity index (χ0v) is 16.7. The first kappa shape index (κ1) is 19.6. The van der Waals surface area contributed by atoms with E-state index in [1.807, 2.05) is 63.2 Å². The Hall–Kier alpha value is -3.15. The van der Waals surface area contributed by atoms with Gasteiger partial charge in [0.25, 0.3) is 5.91 Å². The van der Waals surface area contributed by atoms with Crippen LogP contribution < -0.4 is 10.1 Å². The van der Waals surface area contributed by atoms with Crippen LogP contribution in [0.25, 0.3) is 11.4 Å². The first-order valence-corrected chi connectivity index (χ1v) is 9.34. The molecule has 6 nitrogen and oxygen atoms in total. The number of amides is 1. The number of rotatable bonds is 7. The van der Waals surface area contributed by atoms with Gasteiger partial charge in [0.05, 0.1) is 0 Å². The Morgan fingerprint density at radius 1 is 1.14 bits per heavy atom. The van der Waals surface area contributed by atoms with Crippen molar-refractivity contribution in [2.45, 2.75) is 40.2 Å². The summed E-state index contributed by atoms with van der Waals surface area (Å²) in [6.07, 6.45) is -0.132. The molecule has 0 aliphatic rings. The van der Waals surface area contributed by atoms with Gasteiger partial charge in [-0.2, -0.15) is 4.98 Å². The second-order valence-electron chi connectivity index (χ2n) is 6.88. The number of hydrogen-bond acceptors (Lipinski definition) is 5. The molecule has 1 heterocycles. The molecule has 0 fully saturated rings. The van der Waals surface area contributed by atoms with Crippen LogP contribution in [0.5, 0.6) is 5.75 Å². The summed E-state index contributed by atoms with van der Waals surface area (Å²) in [5.74, 6) is 1.58. The lowest BCUT2D eigenvalue weighted by Gasteiger charge is -2.16. The average Bonchev–Trinajstić information content (AvgIpc) is 3.14. The zero-order chi connectivity index (χ0) is 20.1. The molecule has 146 valence electrons. The fourth-order valence-electron chi connectivity index (χ4n) is 2.71. The summed E-state index contributed by atoms with van der Waals surface area (Å²) in [5, 5.41) is 6.85. The topological polar surface area (TPSA) is 77.2 Å². The molecule has 1 N–H and O–H groups in total. The number of carbonyl (C=O) groups excluding carboxylic acids is 1. The molecule has 1 aromatic heterocycles. The van der Waals surface area contributed by atoms with Crippen molar-refractivity contribution in [3.63, 3.8) is 0 Å². The molecule has 2 aromatic carbocycles. The third kappa shape index (κ3) is 4.76. The highest BCUT2D eigenvalue weighted by Gasteiger charge is 2.16. The first-order chi connectivity index (χ1) is 13.4. The molecule has 1 atom stereocenters. The van der Waals surface area contributed by atoms with Crippen molar-refractivity contribution in [3.8, 4) is 17.1 Å². The van der Waals surface area contributed by atoms with Gasteiger partial charge in [-0.05, 0) is 44.9 Å². The molecule has 0 saturated heterocycles. The van der Waals surface area contributed by atoms with Crippen molar-refractivity contribution < 1.29 is 14.1 Å². The molecular formula is C22H25N3O3. The van der Waals surface area contributed by atoms with Crippen molar-refractivity contribution in [3.05, 3.63) is 65.0 Å². The number of ether oxygens (including phenoxy) is 1. The fourth-order valence-corrected chi connectivity index (χ4v) is 2.71. The van der Waals surface area contributed by atoms with Crippen LogP contribution in [0.4, 0.5) is 0 Å². The van der Waals surface area contributed by atoms with E-state index in [0.29, 0.717) is 24.7 Å². The van der Waals surface area contributed by atoms with Gasteiger partial charge in [0.15, 0.2) is 6.10 Å². The zero-order valence-electron chi connectivity index (χ0n) is 16.7. The summed E-state index contributed by atoms with van der Waals surface area (Å²) in [7, 11) is 0. The minimum absolute atomic E-state index is 0.181. The average molecular weight is 379 g/mol. The van der Waals surface area contributed by atoms with Crippen LogP contribution in [0.2, 0.25) is 0 Å². The van der Waals surface area contributed by atoms with Gasteiger partial charge in [0, 0.05) is 18.5 Å². The highest BCUT2D eigenvalue weighted by molar-refractivity contribution is 5.80. The normalized spacial score (nSPS) is 11.9.